The highest BCUT2D eigenvalue weighted by atomic mass is 15.3. The molecule has 2 heteroatoms. The van der Waals surface area contributed by atoms with Crippen molar-refractivity contribution in [3.8, 4) is 6.07 Å². The fourth-order valence-electron chi connectivity index (χ4n) is 1.60. The first kappa shape index (κ1) is 9.28. The Balaban J connectivity index is 2.50. The van der Waals surface area contributed by atoms with E-state index >= 15 is 0 Å². The van der Waals surface area contributed by atoms with Gasteiger partial charge in [0.2, 0.25) is 0 Å². The number of hydrogen-bond donors (Lipinski definition) is 0. The number of quaternary nitrogens is 1. The Hall–Kier alpha value is -0.810. The van der Waals surface area contributed by atoms with Crippen molar-refractivity contribution in [3.05, 3.63) is 11.8 Å². The zero-order valence-electron chi connectivity index (χ0n) is 8.17. The maximum Gasteiger partial charge on any atom is 0.104 e. The van der Waals surface area contributed by atoms with Gasteiger partial charge in [-0.25, -0.2) is 0 Å². The first-order valence-corrected chi connectivity index (χ1v) is 4.42. The third kappa shape index (κ3) is 2.09. The molecule has 0 saturated carbocycles. The molecular weight excluding hydrogens is 148 g/mol. The van der Waals surface area contributed by atoms with Crippen LogP contribution in [0.3, 0.4) is 0 Å². The lowest BCUT2D eigenvalue weighted by molar-refractivity contribution is -0.832. The monoisotopic (exact) mass is 165 g/mol. The van der Waals surface area contributed by atoms with E-state index < -0.39 is 0 Å². The molecule has 1 atom stereocenters. The van der Waals surface area contributed by atoms with Crippen LogP contribution >= 0.6 is 0 Å². The van der Waals surface area contributed by atoms with Gasteiger partial charge in [-0.15, -0.1) is 0 Å². The van der Waals surface area contributed by atoms with Crippen molar-refractivity contribution in [3.63, 3.8) is 0 Å². The lowest BCUT2D eigenvalue weighted by Crippen LogP contribution is -2.32. The zero-order chi connectivity index (χ0) is 9.19. The highest BCUT2D eigenvalue weighted by Crippen LogP contribution is 2.30. The van der Waals surface area contributed by atoms with Gasteiger partial charge in [-0.05, 0) is 18.4 Å². The second kappa shape index (κ2) is 3.28. The molecule has 2 nitrogen and oxygen atoms in total. The molecule has 0 aromatic heterocycles. The quantitative estimate of drug-likeness (QED) is 0.573. The maximum atomic E-state index is 8.54. The standard InChI is InChI=1S/C10H17N2/c1-12(2,3)10-5-4-9(8-10)6-7-11/h5,9H,4,6,8H2,1-3H3/q+1. The van der Waals surface area contributed by atoms with Crippen LogP contribution in [-0.4, -0.2) is 25.6 Å². The van der Waals surface area contributed by atoms with E-state index in [2.05, 4.69) is 33.3 Å². The number of allylic oxidation sites excluding steroid dienone is 2. The smallest absolute Gasteiger partial charge is 0.104 e. The summed E-state index contributed by atoms with van der Waals surface area (Å²) in [6.07, 6.45) is 5.21. The van der Waals surface area contributed by atoms with Crippen LogP contribution < -0.4 is 0 Å². The molecule has 0 aromatic rings. The third-order valence-electron chi connectivity index (χ3n) is 2.43. The molecule has 0 saturated heterocycles. The zero-order valence-corrected chi connectivity index (χ0v) is 8.17. The largest absolute Gasteiger partial charge is 0.302 e. The van der Waals surface area contributed by atoms with E-state index in [1.165, 1.54) is 5.70 Å². The van der Waals surface area contributed by atoms with E-state index in [-0.39, 0.29) is 0 Å². The van der Waals surface area contributed by atoms with Gasteiger partial charge in [0, 0.05) is 12.8 Å². The van der Waals surface area contributed by atoms with Gasteiger partial charge in [0.1, 0.15) is 5.70 Å². The fourth-order valence-corrected chi connectivity index (χ4v) is 1.60. The molecule has 0 N–H and O–H groups in total. The highest BCUT2D eigenvalue weighted by Gasteiger charge is 2.25. The van der Waals surface area contributed by atoms with E-state index in [1.807, 2.05) is 0 Å². The second-order valence-electron chi connectivity index (χ2n) is 4.38. The van der Waals surface area contributed by atoms with Gasteiger partial charge in [0.05, 0.1) is 27.2 Å². The summed E-state index contributed by atoms with van der Waals surface area (Å²) in [5.74, 6) is 0.586. The lowest BCUT2D eigenvalue weighted by Gasteiger charge is -2.25. The van der Waals surface area contributed by atoms with Crippen molar-refractivity contribution in [1.29, 1.82) is 5.26 Å². The van der Waals surface area contributed by atoms with Crippen LogP contribution in [0.15, 0.2) is 11.8 Å². The molecule has 1 aliphatic carbocycles. The summed E-state index contributed by atoms with van der Waals surface area (Å²) < 4.78 is 0.919. The summed E-state index contributed by atoms with van der Waals surface area (Å²) >= 11 is 0. The summed E-state index contributed by atoms with van der Waals surface area (Å²) in [4.78, 5) is 0. The van der Waals surface area contributed by atoms with Crippen molar-refractivity contribution < 1.29 is 4.48 Å². The van der Waals surface area contributed by atoms with E-state index in [0.717, 1.165) is 17.3 Å². The van der Waals surface area contributed by atoms with Crippen LogP contribution in [-0.2, 0) is 0 Å². The predicted molar refractivity (Wildman–Crippen MR) is 49.1 cm³/mol. The minimum Gasteiger partial charge on any atom is -0.302 e. The molecule has 1 aliphatic rings. The van der Waals surface area contributed by atoms with E-state index in [9.17, 15) is 0 Å². The molecule has 0 radical (unpaired) electrons. The molecule has 0 bridgehead atoms. The van der Waals surface area contributed by atoms with Crippen molar-refractivity contribution in [2.45, 2.75) is 19.3 Å². The van der Waals surface area contributed by atoms with Gasteiger partial charge in [-0.2, -0.15) is 5.26 Å². The van der Waals surface area contributed by atoms with E-state index in [0.29, 0.717) is 12.3 Å². The summed E-state index contributed by atoms with van der Waals surface area (Å²) in [5, 5.41) is 8.54. The van der Waals surface area contributed by atoms with E-state index in [1.54, 1.807) is 0 Å². The Morgan fingerprint density at radius 2 is 2.25 bits per heavy atom. The number of nitrogens with zero attached hydrogens (tertiary/aromatic N) is 2. The average molecular weight is 165 g/mol. The second-order valence-corrected chi connectivity index (χ2v) is 4.38. The van der Waals surface area contributed by atoms with Crippen molar-refractivity contribution in [1.82, 2.24) is 0 Å². The molecule has 1 unspecified atom stereocenters. The van der Waals surface area contributed by atoms with Crippen LogP contribution in [0.1, 0.15) is 19.3 Å². The summed E-state index contributed by atoms with van der Waals surface area (Å²) in [6.45, 7) is 0. The van der Waals surface area contributed by atoms with Gasteiger partial charge in [-0.3, -0.25) is 0 Å². The molecular formula is C10H17N2+. The van der Waals surface area contributed by atoms with Crippen LogP contribution in [0.4, 0.5) is 0 Å². The van der Waals surface area contributed by atoms with Gasteiger partial charge in [0.25, 0.3) is 0 Å². The molecule has 0 aromatic carbocycles. The summed E-state index contributed by atoms with van der Waals surface area (Å²) in [5.41, 5.74) is 1.47. The number of hydrogen-bond acceptors (Lipinski definition) is 1. The van der Waals surface area contributed by atoms with Crippen molar-refractivity contribution in [2.75, 3.05) is 21.1 Å². The Bertz CT molecular complexity index is 227. The molecule has 0 heterocycles. The molecule has 12 heavy (non-hydrogen) atoms. The summed E-state index contributed by atoms with van der Waals surface area (Å²) in [7, 11) is 6.54. The Morgan fingerprint density at radius 3 is 2.67 bits per heavy atom. The van der Waals surface area contributed by atoms with Crippen LogP contribution in [0, 0.1) is 17.2 Å². The molecule has 0 amide bonds. The van der Waals surface area contributed by atoms with Crippen LogP contribution in [0.2, 0.25) is 0 Å². The van der Waals surface area contributed by atoms with Gasteiger partial charge >= 0.3 is 0 Å². The van der Waals surface area contributed by atoms with Gasteiger partial charge < -0.3 is 4.48 Å². The molecule has 0 spiro atoms. The maximum absolute atomic E-state index is 8.54. The highest BCUT2D eigenvalue weighted by molar-refractivity contribution is 5.04. The fraction of sp³-hybridized carbons (Fsp3) is 0.700. The lowest BCUT2D eigenvalue weighted by atomic mass is 10.0. The van der Waals surface area contributed by atoms with Gasteiger partial charge in [-0.1, -0.05) is 0 Å². The first-order chi connectivity index (χ1) is 5.54. The minimum atomic E-state index is 0.586. The Labute approximate surface area is 74.7 Å². The number of rotatable bonds is 2. The molecule has 1 rings (SSSR count). The molecule has 0 fully saturated rings. The number of nitriles is 1. The third-order valence-corrected chi connectivity index (χ3v) is 2.43. The molecule has 66 valence electrons. The summed E-state index contributed by atoms with van der Waals surface area (Å²) in [6, 6.07) is 2.24. The van der Waals surface area contributed by atoms with Crippen LogP contribution in [0.5, 0.6) is 0 Å². The average Bonchev–Trinajstić information content (AvgIpc) is 2.35. The Kier molecular flexibility index (Phi) is 2.54. The molecule has 0 aliphatic heterocycles. The van der Waals surface area contributed by atoms with Crippen molar-refractivity contribution in [2.24, 2.45) is 5.92 Å². The topological polar surface area (TPSA) is 23.8 Å². The normalized spacial score (nSPS) is 23.5. The Morgan fingerprint density at radius 1 is 1.58 bits per heavy atom. The van der Waals surface area contributed by atoms with Crippen LogP contribution in [0.25, 0.3) is 0 Å². The van der Waals surface area contributed by atoms with Gasteiger partial charge in [0.15, 0.2) is 0 Å². The predicted octanol–water partition coefficient (Wildman–Crippen LogP) is 1.90. The minimum absolute atomic E-state index is 0.586. The first-order valence-electron chi connectivity index (χ1n) is 4.42. The SMILES string of the molecule is C[N+](C)(C)C1=CCC(CC#N)C1. The van der Waals surface area contributed by atoms with E-state index in [4.69, 9.17) is 5.26 Å². The van der Waals surface area contributed by atoms with Crippen molar-refractivity contribution >= 4 is 0 Å².